The monoisotopic (exact) mass is 295 g/mol. The molecule has 0 aliphatic rings. The van der Waals surface area contributed by atoms with Crippen molar-refractivity contribution in [1.82, 2.24) is 0 Å². The molecule has 0 heterocycles. The minimum atomic E-state index is 0.266. The second-order valence-electron chi connectivity index (χ2n) is 6.41. The van der Waals surface area contributed by atoms with Crippen LogP contribution in [-0.2, 0) is 0 Å². The standard InChI is InChI=1S/C20H25NO/c1-13(2)17-7-6-8-18(14(3)4)20(17)21-12-16-11-15(5)9-10-19(16)22/h6-14,22H,1-5H3. The minimum Gasteiger partial charge on any atom is -0.507 e. The van der Waals surface area contributed by atoms with E-state index in [9.17, 15) is 5.11 Å². The van der Waals surface area contributed by atoms with E-state index in [0.717, 1.165) is 16.8 Å². The summed E-state index contributed by atoms with van der Waals surface area (Å²) in [4.78, 5) is 4.74. The molecule has 0 radical (unpaired) electrons. The van der Waals surface area contributed by atoms with Crippen molar-refractivity contribution >= 4 is 11.9 Å². The van der Waals surface area contributed by atoms with Crippen molar-refractivity contribution in [2.75, 3.05) is 0 Å². The first-order valence-electron chi connectivity index (χ1n) is 7.86. The molecule has 0 aliphatic heterocycles. The maximum absolute atomic E-state index is 9.98. The summed E-state index contributed by atoms with van der Waals surface area (Å²) in [6.45, 7) is 10.7. The molecule has 0 saturated heterocycles. The molecule has 0 bridgehead atoms. The molecule has 22 heavy (non-hydrogen) atoms. The average Bonchev–Trinajstić information content (AvgIpc) is 2.47. The molecule has 2 nitrogen and oxygen atoms in total. The summed E-state index contributed by atoms with van der Waals surface area (Å²) >= 11 is 0. The van der Waals surface area contributed by atoms with E-state index >= 15 is 0 Å². The van der Waals surface area contributed by atoms with Crippen LogP contribution in [0.3, 0.4) is 0 Å². The maximum Gasteiger partial charge on any atom is 0.124 e. The first-order valence-corrected chi connectivity index (χ1v) is 7.86. The Kier molecular flexibility index (Phi) is 5.02. The number of benzene rings is 2. The van der Waals surface area contributed by atoms with Gasteiger partial charge >= 0.3 is 0 Å². The fourth-order valence-corrected chi connectivity index (χ4v) is 2.57. The number of rotatable bonds is 4. The summed E-state index contributed by atoms with van der Waals surface area (Å²) in [6, 6.07) is 11.9. The second-order valence-corrected chi connectivity index (χ2v) is 6.41. The van der Waals surface area contributed by atoms with Gasteiger partial charge in [-0.3, -0.25) is 4.99 Å². The number of aliphatic imine (C=N–C) groups is 1. The van der Waals surface area contributed by atoms with Crippen LogP contribution in [0, 0.1) is 6.92 Å². The van der Waals surface area contributed by atoms with Crippen LogP contribution in [0.4, 0.5) is 5.69 Å². The zero-order chi connectivity index (χ0) is 16.3. The minimum absolute atomic E-state index is 0.266. The summed E-state index contributed by atoms with van der Waals surface area (Å²) in [5, 5.41) is 9.98. The number of aromatic hydroxyl groups is 1. The predicted octanol–water partition coefficient (Wildman–Crippen LogP) is 5.70. The molecule has 0 atom stereocenters. The van der Waals surface area contributed by atoms with Gasteiger partial charge < -0.3 is 5.11 Å². The number of phenols is 1. The molecule has 0 saturated carbocycles. The average molecular weight is 295 g/mol. The molecule has 0 amide bonds. The van der Waals surface area contributed by atoms with E-state index in [1.54, 1.807) is 12.3 Å². The molecule has 0 spiro atoms. The van der Waals surface area contributed by atoms with Crippen LogP contribution >= 0.6 is 0 Å². The first-order chi connectivity index (χ1) is 10.4. The van der Waals surface area contributed by atoms with Crippen LogP contribution < -0.4 is 0 Å². The smallest absolute Gasteiger partial charge is 0.124 e. The maximum atomic E-state index is 9.98. The van der Waals surface area contributed by atoms with Crippen molar-refractivity contribution in [2.45, 2.75) is 46.5 Å². The van der Waals surface area contributed by atoms with Gasteiger partial charge in [0.05, 0.1) is 5.69 Å². The Morgan fingerprint density at radius 1 is 0.955 bits per heavy atom. The van der Waals surface area contributed by atoms with Gasteiger partial charge in [0, 0.05) is 11.8 Å². The molecule has 0 aromatic heterocycles. The summed E-state index contributed by atoms with van der Waals surface area (Å²) in [5.41, 5.74) is 5.39. The van der Waals surface area contributed by atoms with Crippen molar-refractivity contribution in [3.63, 3.8) is 0 Å². The van der Waals surface area contributed by atoms with Gasteiger partial charge in [0.25, 0.3) is 0 Å². The number of aryl methyl sites for hydroxylation is 1. The van der Waals surface area contributed by atoms with Gasteiger partial charge in [0.15, 0.2) is 0 Å². The van der Waals surface area contributed by atoms with Crippen LogP contribution in [0.25, 0.3) is 0 Å². The van der Waals surface area contributed by atoms with Crippen molar-refractivity contribution in [2.24, 2.45) is 4.99 Å². The second kappa shape index (κ2) is 6.78. The van der Waals surface area contributed by atoms with Gasteiger partial charge in [-0.25, -0.2) is 0 Å². The van der Waals surface area contributed by atoms with E-state index in [1.165, 1.54) is 11.1 Å². The highest BCUT2D eigenvalue weighted by Crippen LogP contribution is 2.34. The van der Waals surface area contributed by atoms with E-state index in [4.69, 9.17) is 4.99 Å². The summed E-state index contributed by atoms with van der Waals surface area (Å²) in [5.74, 6) is 1.09. The third-order valence-corrected chi connectivity index (χ3v) is 3.86. The lowest BCUT2D eigenvalue weighted by Crippen LogP contribution is -1.96. The molecule has 116 valence electrons. The number of nitrogens with zero attached hydrogens (tertiary/aromatic N) is 1. The summed E-state index contributed by atoms with van der Waals surface area (Å²) in [6.07, 6.45) is 1.77. The lowest BCUT2D eigenvalue weighted by molar-refractivity contribution is 0.474. The molecule has 0 unspecified atom stereocenters. The lowest BCUT2D eigenvalue weighted by Gasteiger charge is -2.16. The number of hydrogen-bond donors (Lipinski definition) is 1. The molecule has 2 aromatic carbocycles. The van der Waals surface area contributed by atoms with Gasteiger partial charge in [-0.15, -0.1) is 0 Å². The lowest BCUT2D eigenvalue weighted by atomic mass is 9.93. The van der Waals surface area contributed by atoms with Crippen LogP contribution in [-0.4, -0.2) is 11.3 Å². The zero-order valence-corrected chi connectivity index (χ0v) is 14.1. The summed E-state index contributed by atoms with van der Waals surface area (Å²) in [7, 11) is 0. The normalized spacial score (nSPS) is 11.8. The van der Waals surface area contributed by atoms with Crippen molar-refractivity contribution in [3.8, 4) is 5.75 Å². The quantitative estimate of drug-likeness (QED) is 0.721. The molecular weight excluding hydrogens is 270 g/mol. The molecule has 2 heteroatoms. The van der Waals surface area contributed by atoms with E-state index in [2.05, 4.69) is 45.9 Å². The number of phenolic OH excluding ortho intramolecular Hbond substituents is 1. The Morgan fingerprint density at radius 2 is 1.55 bits per heavy atom. The fourth-order valence-electron chi connectivity index (χ4n) is 2.57. The summed E-state index contributed by atoms with van der Waals surface area (Å²) < 4.78 is 0. The van der Waals surface area contributed by atoms with E-state index < -0.39 is 0 Å². The Hall–Kier alpha value is -2.09. The predicted molar refractivity (Wildman–Crippen MR) is 94.7 cm³/mol. The topological polar surface area (TPSA) is 32.6 Å². The first kappa shape index (κ1) is 16.3. The van der Waals surface area contributed by atoms with Gasteiger partial charge in [0.1, 0.15) is 5.75 Å². The van der Waals surface area contributed by atoms with Crippen molar-refractivity contribution in [3.05, 3.63) is 58.7 Å². The third-order valence-electron chi connectivity index (χ3n) is 3.86. The van der Waals surface area contributed by atoms with E-state index in [1.807, 2.05) is 19.1 Å². The molecule has 1 N–H and O–H groups in total. The highest BCUT2D eigenvalue weighted by molar-refractivity contribution is 5.86. The van der Waals surface area contributed by atoms with E-state index in [-0.39, 0.29) is 5.75 Å². The van der Waals surface area contributed by atoms with Crippen LogP contribution in [0.2, 0.25) is 0 Å². The SMILES string of the molecule is Cc1ccc(O)c(C=Nc2c(C(C)C)cccc2C(C)C)c1. The molecule has 0 fully saturated rings. The molecule has 2 aromatic rings. The molecule has 0 aliphatic carbocycles. The Balaban J connectivity index is 2.51. The zero-order valence-electron chi connectivity index (χ0n) is 14.1. The fraction of sp³-hybridized carbons (Fsp3) is 0.350. The Morgan fingerprint density at radius 3 is 2.09 bits per heavy atom. The Bertz CT molecular complexity index is 658. The van der Waals surface area contributed by atoms with Gasteiger partial charge in [0.2, 0.25) is 0 Å². The van der Waals surface area contributed by atoms with Crippen molar-refractivity contribution < 1.29 is 5.11 Å². The van der Waals surface area contributed by atoms with Gasteiger partial charge in [-0.2, -0.15) is 0 Å². The Labute approximate surface area is 133 Å². The van der Waals surface area contributed by atoms with Crippen LogP contribution in [0.5, 0.6) is 5.75 Å². The van der Waals surface area contributed by atoms with Crippen molar-refractivity contribution in [1.29, 1.82) is 0 Å². The highest BCUT2D eigenvalue weighted by Gasteiger charge is 2.12. The molecule has 2 rings (SSSR count). The number of hydrogen-bond acceptors (Lipinski definition) is 2. The van der Waals surface area contributed by atoms with Gasteiger partial charge in [-0.05, 0) is 42.0 Å². The largest absolute Gasteiger partial charge is 0.507 e. The van der Waals surface area contributed by atoms with Crippen LogP contribution in [0.1, 0.15) is 61.8 Å². The third kappa shape index (κ3) is 3.56. The molecular formula is C20H25NO. The van der Waals surface area contributed by atoms with Crippen LogP contribution in [0.15, 0.2) is 41.4 Å². The number of para-hydroxylation sites is 1. The highest BCUT2D eigenvalue weighted by atomic mass is 16.3. The van der Waals surface area contributed by atoms with Gasteiger partial charge in [-0.1, -0.05) is 57.5 Å². The van der Waals surface area contributed by atoms with E-state index in [0.29, 0.717) is 11.8 Å².